The third-order valence-corrected chi connectivity index (χ3v) is 4.06. The van der Waals surface area contributed by atoms with Crippen LogP contribution in [0.3, 0.4) is 0 Å². The van der Waals surface area contributed by atoms with Gasteiger partial charge in [-0.1, -0.05) is 51.1 Å². The lowest BCUT2D eigenvalue weighted by Crippen LogP contribution is -2.23. The number of aromatic nitrogens is 1. The first-order valence-electron chi connectivity index (χ1n) is 8.53. The zero-order valence-electron chi connectivity index (χ0n) is 15.8. The maximum Gasteiger partial charge on any atom is 0.346 e. The zero-order valence-corrected chi connectivity index (χ0v) is 15.8. The number of para-hydroxylation sites is 1. The smallest absolute Gasteiger partial charge is 0.346 e. The fourth-order valence-corrected chi connectivity index (χ4v) is 2.71. The van der Waals surface area contributed by atoms with E-state index in [1.807, 2.05) is 18.2 Å². The van der Waals surface area contributed by atoms with Crippen LogP contribution in [0.4, 0.5) is 11.6 Å². The lowest BCUT2D eigenvalue weighted by molar-refractivity contribution is -0.119. The van der Waals surface area contributed by atoms with Gasteiger partial charge in [0, 0.05) is 5.69 Å². The van der Waals surface area contributed by atoms with E-state index in [4.69, 9.17) is 15.0 Å². The van der Waals surface area contributed by atoms with Gasteiger partial charge < -0.3 is 20.3 Å². The molecule has 3 N–H and O–H groups in total. The first kappa shape index (κ1) is 19.5. The highest BCUT2D eigenvalue weighted by Crippen LogP contribution is 2.32. The van der Waals surface area contributed by atoms with Crippen LogP contribution in [0.1, 0.15) is 66.7 Å². The van der Waals surface area contributed by atoms with Crippen molar-refractivity contribution in [3.05, 3.63) is 40.6 Å². The van der Waals surface area contributed by atoms with Gasteiger partial charge in [0.1, 0.15) is 5.56 Å². The average Bonchev–Trinajstić information content (AvgIpc) is 2.91. The van der Waals surface area contributed by atoms with Crippen LogP contribution in [-0.2, 0) is 9.53 Å². The van der Waals surface area contributed by atoms with Gasteiger partial charge in [-0.25, -0.2) is 4.79 Å². The van der Waals surface area contributed by atoms with Crippen molar-refractivity contribution >= 4 is 23.4 Å². The van der Waals surface area contributed by atoms with Crippen molar-refractivity contribution in [3.8, 4) is 0 Å². The predicted octanol–water partition coefficient (Wildman–Crippen LogP) is 3.61. The van der Waals surface area contributed by atoms with Gasteiger partial charge >= 0.3 is 5.97 Å². The summed E-state index contributed by atoms with van der Waals surface area (Å²) in [6, 6.07) is 5.95. The highest BCUT2D eigenvalue weighted by Gasteiger charge is 2.22. The molecule has 1 aromatic heterocycles. The molecule has 1 heterocycles. The van der Waals surface area contributed by atoms with Crippen LogP contribution in [-0.4, -0.2) is 23.6 Å². The lowest BCUT2D eigenvalue weighted by Gasteiger charge is -2.20. The quantitative estimate of drug-likeness (QED) is 0.763. The van der Waals surface area contributed by atoms with Crippen molar-refractivity contribution in [2.75, 3.05) is 17.7 Å². The summed E-state index contributed by atoms with van der Waals surface area (Å²) >= 11 is 0. The van der Waals surface area contributed by atoms with E-state index < -0.39 is 18.5 Å². The number of aryl methyl sites for hydroxylation is 1. The van der Waals surface area contributed by atoms with Crippen molar-refractivity contribution in [1.82, 2.24) is 5.16 Å². The second-order valence-electron chi connectivity index (χ2n) is 6.75. The Balaban J connectivity index is 2.12. The van der Waals surface area contributed by atoms with Gasteiger partial charge in [-0.05, 0) is 29.9 Å². The van der Waals surface area contributed by atoms with E-state index in [1.54, 1.807) is 6.92 Å². The van der Waals surface area contributed by atoms with Crippen LogP contribution in [0.15, 0.2) is 22.7 Å². The number of hydrogen-bond donors (Lipinski definition) is 2. The monoisotopic (exact) mass is 359 g/mol. The summed E-state index contributed by atoms with van der Waals surface area (Å²) in [7, 11) is 0. The Bertz CT molecular complexity index is 763. The number of nitrogens with one attached hydrogen (secondary N) is 1. The van der Waals surface area contributed by atoms with Crippen LogP contribution in [0.5, 0.6) is 0 Å². The topological polar surface area (TPSA) is 107 Å². The van der Waals surface area contributed by atoms with E-state index in [1.165, 1.54) is 0 Å². The van der Waals surface area contributed by atoms with Crippen molar-refractivity contribution in [2.24, 2.45) is 0 Å². The van der Waals surface area contributed by atoms with E-state index >= 15 is 0 Å². The number of benzene rings is 1. The van der Waals surface area contributed by atoms with Crippen LogP contribution in [0.25, 0.3) is 0 Å². The summed E-state index contributed by atoms with van der Waals surface area (Å²) in [6.07, 6.45) is 0. The van der Waals surface area contributed by atoms with Gasteiger partial charge in [-0.3, -0.25) is 4.79 Å². The predicted molar refractivity (Wildman–Crippen MR) is 99.2 cm³/mol. The maximum atomic E-state index is 12.3. The van der Waals surface area contributed by atoms with Gasteiger partial charge in [-0.2, -0.15) is 0 Å². The Morgan fingerprint density at radius 2 is 1.77 bits per heavy atom. The number of ether oxygens (including phenoxy) is 1. The summed E-state index contributed by atoms with van der Waals surface area (Å²) < 4.78 is 9.78. The zero-order chi connectivity index (χ0) is 19.4. The summed E-state index contributed by atoms with van der Waals surface area (Å²) in [5.41, 5.74) is 8.76. The molecule has 0 saturated carbocycles. The van der Waals surface area contributed by atoms with E-state index in [0.717, 1.165) is 16.8 Å². The first-order valence-corrected chi connectivity index (χ1v) is 8.53. The first-order chi connectivity index (χ1) is 12.2. The Hall–Kier alpha value is -2.83. The van der Waals surface area contributed by atoms with E-state index in [0.29, 0.717) is 5.69 Å². The number of anilines is 2. The molecule has 0 atom stereocenters. The Morgan fingerprint density at radius 3 is 2.23 bits per heavy atom. The normalized spacial score (nSPS) is 11.0. The Labute approximate surface area is 152 Å². The van der Waals surface area contributed by atoms with Gasteiger partial charge in [0.05, 0.1) is 5.69 Å². The minimum Gasteiger partial charge on any atom is -0.452 e. The van der Waals surface area contributed by atoms with Crippen LogP contribution in [0.2, 0.25) is 0 Å². The van der Waals surface area contributed by atoms with Gasteiger partial charge in [0.2, 0.25) is 5.88 Å². The Morgan fingerprint density at radius 1 is 1.19 bits per heavy atom. The van der Waals surface area contributed by atoms with Crippen molar-refractivity contribution in [3.63, 3.8) is 0 Å². The standard InChI is InChI=1S/C19H25N3O4/c1-10(2)13-7-6-8-14(11(3)4)17(13)21-15(23)9-25-19(24)16-12(5)22-26-18(16)20/h6-8,10-11H,9,20H2,1-5H3,(H,21,23). The molecule has 0 aliphatic carbocycles. The number of amides is 1. The molecule has 1 aromatic carbocycles. The van der Waals surface area contributed by atoms with Crippen LogP contribution < -0.4 is 11.1 Å². The molecule has 0 radical (unpaired) electrons. The second kappa shape index (κ2) is 8.03. The Kier molecular flexibility index (Phi) is 6.02. The number of nitrogens with two attached hydrogens (primary N) is 1. The molecule has 7 heteroatoms. The molecule has 0 bridgehead atoms. The molecular weight excluding hydrogens is 334 g/mol. The number of esters is 1. The molecule has 2 rings (SSSR count). The third-order valence-electron chi connectivity index (χ3n) is 4.06. The highest BCUT2D eigenvalue weighted by molar-refractivity contribution is 5.98. The molecule has 0 fully saturated rings. The SMILES string of the molecule is Cc1noc(N)c1C(=O)OCC(=O)Nc1c(C(C)C)cccc1C(C)C. The lowest BCUT2D eigenvalue weighted by atomic mass is 9.92. The molecule has 1 amide bonds. The van der Waals surface area contributed by atoms with Gasteiger partial charge in [-0.15, -0.1) is 0 Å². The van der Waals surface area contributed by atoms with E-state index in [2.05, 4.69) is 38.2 Å². The molecule has 2 aromatic rings. The van der Waals surface area contributed by atoms with Gasteiger partial charge in [0.15, 0.2) is 6.61 Å². The molecule has 0 aliphatic rings. The molecule has 0 spiro atoms. The van der Waals surface area contributed by atoms with E-state index in [-0.39, 0.29) is 23.3 Å². The average molecular weight is 359 g/mol. The summed E-state index contributed by atoms with van der Waals surface area (Å²) in [5, 5.41) is 6.48. The van der Waals surface area contributed by atoms with Gasteiger partial charge in [0.25, 0.3) is 5.91 Å². The third kappa shape index (κ3) is 4.22. The molecule has 26 heavy (non-hydrogen) atoms. The molecule has 7 nitrogen and oxygen atoms in total. The fourth-order valence-electron chi connectivity index (χ4n) is 2.71. The van der Waals surface area contributed by atoms with Crippen molar-refractivity contribution in [2.45, 2.75) is 46.5 Å². The number of hydrogen-bond acceptors (Lipinski definition) is 6. The molecular formula is C19H25N3O4. The summed E-state index contributed by atoms with van der Waals surface area (Å²) in [6.45, 7) is 9.40. The second-order valence-corrected chi connectivity index (χ2v) is 6.75. The fraction of sp³-hybridized carbons (Fsp3) is 0.421. The van der Waals surface area contributed by atoms with Crippen LogP contribution >= 0.6 is 0 Å². The molecule has 140 valence electrons. The summed E-state index contributed by atoms with van der Waals surface area (Å²) in [5.74, 6) is -0.796. The number of rotatable bonds is 6. The molecule has 0 aliphatic heterocycles. The van der Waals surface area contributed by atoms with Crippen molar-refractivity contribution in [1.29, 1.82) is 0 Å². The van der Waals surface area contributed by atoms with E-state index in [9.17, 15) is 9.59 Å². The summed E-state index contributed by atoms with van der Waals surface area (Å²) in [4.78, 5) is 24.4. The number of nitrogens with zero attached hydrogens (tertiary/aromatic N) is 1. The van der Waals surface area contributed by atoms with Crippen molar-refractivity contribution < 1.29 is 18.8 Å². The number of carbonyl (C=O) groups is 2. The number of carbonyl (C=O) groups excluding carboxylic acids is 2. The largest absolute Gasteiger partial charge is 0.452 e. The minimum absolute atomic E-state index is 0.0447. The van der Waals surface area contributed by atoms with Crippen LogP contribution in [0, 0.1) is 6.92 Å². The molecule has 0 unspecified atom stereocenters. The molecule has 0 saturated heterocycles. The number of nitrogen functional groups attached to an aromatic ring is 1. The minimum atomic E-state index is -0.738. The maximum absolute atomic E-state index is 12.3. The highest BCUT2D eigenvalue weighted by atomic mass is 16.5.